The number of nitrogens with one attached hydrogen (secondary N) is 1. The monoisotopic (exact) mass is 416 g/mol. The smallest absolute Gasteiger partial charge is 0.311 e. The number of fused-ring (bicyclic) bond motifs is 1. The number of carbonyl (C=O) groups excluding carboxylic acids is 2. The minimum absolute atomic E-state index is 0.0279. The highest BCUT2D eigenvalue weighted by Gasteiger charge is 2.32. The van der Waals surface area contributed by atoms with E-state index >= 15 is 0 Å². The fraction of sp³-hybridized carbons (Fsp3) is 0.636. The Kier molecular flexibility index (Phi) is 6.43. The molecule has 1 aromatic rings. The first-order chi connectivity index (χ1) is 14.5. The Morgan fingerprint density at radius 1 is 1.10 bits per heavy atom. The molecular formula is C22H32N4O4. The van der Waals surface area contributed by atoms with Crippen molar-refractivity contribution < 1.29 is 19.1 Å². The third-order valence-corrected chi connectivity index (χ3v) is 6.06. The molecule has 1 aromatic carbocycles. The normalized spacial score (nSPS) is 22.4. The highest BCUT2D eigenvalue weighted by molar-refractivity contribution is 6.35. The number of likely N-dealkylation sites (tertiary alicyclic amines) is 1. The number of piperazine rings is 1. The van der Waals surface area contributed by atoms with Gasteiger partial charge in [-0.1, -0.05) is 6.07 Å². The summed E-state index contributed by atoms with van der Waals surface area (Å²) in [5, 5.41) is 2.71. The van der Waals surface area contributed by atoms with Crippen molar-refractivity contribution in [3.05, 3.63) is 23.8 Å². The second-order valence-corrected chi connectivity index (χ2v) is 8.68. The summed E-state index contributed by atoms with van der Waals surface area (Å²) in [7, 11) is 0. The molecule has 3 heterocycles. The average molecular weight is 417 g/mol. The standard InChI is InChI=1S/C22H32N4O4/c1-16(2)23-21(27)22(28)26-7-3-4-18(14-26)25-10-8-24(9-11-25)13-17-5-6-19-20(12-17)30-15-29-19/h5-6,12,16,18H,3-4,7-11,13-15H2,1-2H3,(H,23,27)/t18-/m0/s1. The van der Waals surface area contributed by atoms with Gasteiger partial charge >= 0.3 is 11.8 Å². The number of benzene rings is 1. The van der Waals surface area contributed by atoms with Crippen LogP contribution in [0.4, 0.5) is 0 Å². The van der Waals surface area contributed by atoms with Crippen LogP contribution in [0, 0.1) is 0 Å². The fourth-order valence-electron chi connectivity index (χ4n) is 4.49. The highest BCUT2D eigenvalue weighted by Crippen LogP contribution is 2.33. The molecule has 3 aliphatic heterocycles. The van der Waals surface area contributed by atoms with Crippen molar-refractivity contribution in [1.82, 2.24) is 20.0 Å². The molecule has 0 bridgehead atoms. The number of rotatable bonds is 4. The van der Waals surface area contributed by atoms with Crippen molar-refractivity contribution in [3.8, 4) is 11.5 Å². The van der Waals surface area contributed by atoms with E-state index in [0.717, 1.165) is 57.1 Å². The molecule has 30 heavy (non-hydrogen) atoms. The molecule has 0 saturated carbocycles. The zero-order valence-corrected chi connectivity index (χ0v) is 17.9. The summed E-state index contributed by atoms with van der Waals surface area (Å²) in [5.41, 5.74) is 1.23. The minimum atomic E-state index is -0.487. The molecule has 0 aromatic heterocycles. The summed E-state index contributed by atoms with van der Waals surface area (Å²) in [5.74, 6) is 0.774. The van der Waals surface area contributed by atoms with Gasteiger partial charge in [0, 0.05) is 57.9 Å². The number of carbonyl (C=O) groups is 2. The Labute approximate surface area is 178 Å². The minimum Gasteiger partial charge on any atom is -0.454 e. The fourth-order valence-corrected chi connectivity index (χ4v) is 4.49. The summed E-state index contributed by atoms with van der Waals surface area (Å²) in [6.45, 7) is 10.2. The molecule has 8 heteroatoms. The van der Waals surface area contributed by atoms with E-state index < -0.39 is 11.8 Å². The van der Waals surface area contributed by atoms with Crippen molar-refractivity contribution in [2.24, 2.45) is 0 Å². The van der Waals surface area contributed by atoms with Gasteiger partial charge in [-0.05, 0) is 44.4 Å². The zero-order valence-electron chi connectivity index (χ0n) is 17.9. The molecule has 164 valence electrons. The van der Waals surface area contributed by atoms with Crippen LogP contribution in [0.15, 0.2) is 18.2 Å². The third kappa shape index (κ3) is 4.87. The van der Waals surface area contributed by atoms with Gasteiger partial charge in [0.1, 0.15) is 0 Å². The third-order valence-electron chi connectivity index (χ3n) is 6.06. The number of amides is 2. The molecule has 0 unspecified atom stereocenters. The van der Waals surface area contributed by atoms with E-state index in [9.17, 15) is 9.59 Å². The van der Waals surface area contributed by atoms with Crippen LogP contribution in [0.2, 0.25) is 0 Å². The van der Waals surface area contributed by atoms with Gasteiger partial charge in [-0.3, -0.25) is 19.4 Å². The van der Waals surface area contributed by atoms with Crippen molar-refractivity contribution in [1.29, 1.82) is 0 Å². The molecule has 4 rings (SSSR count). The molecule has 2 amide bonds. The largest absolute Gasteiger partial charge is 0.454 e. The molecule has 0 spiro atoms. The van der Waals surface area contributed by atoms with Gasteiger partial charge in [-0.25, -0.2) is 0 Å². The van der Waals surface area contributed by atoms with E-state index in [2.05, 4.69) is 27.2 Å². The van der Waals surface area contributed by atoms with Crippen molar-refractivity contribution >= 4 is 11.8 Å². The summed E-state index contributed by atoms with van der Waals surface area (Å²) < 4.78 is 10.9. The number of piperidine rings is 1. The maximum Gasteiger partial charge on any atom is 0.311 e. The second kappa shape index (κ2) is 9.22. The van der Waals surface area contributed by atoms with Crippen molar-refractivity contribution in [2.45, 2.75) is 45.3 Å². The average Bonchev–Trinajstić information content (AvgIpc) is 3.21. The Morgan fingerprint density at radius 2 is 1.87 bits per heavy atom. The van der Waals surface area contributed by atoms with E-state index in [1.54, 1.807) is 4.90 Å². The number of ether oxygens (including phenoxy) is 2. The molecule has 0 radical (unpaired) electrons. The Balaban J connectivity index is 1.26. The lowest BCUT2D eigenvalue weighted by atomic mass is 10.0. The lowest BCUT2D eigenvalue weighted by molar-refractivity contribution is -0.147. The quantitative estimate of drug-likeness (QED) is 0.740. The molecular weight excluding hydrogens is 384 g/mol. The number of hydrogen-bond donors (Lipinski definition) is 1. The Morgan fingerprint density at radius 3 is 2.63 bits per heavy atom. The maximum absolute atomic E-state index is 12.5. The van der Waals surface area contributed by atoms with E-state index in [4.69, 9.17) is 9.47 Å². The molecule has 8 nitrogen and oxygen atoms in total. The summed E-state index contributed by atoms with van der Waals surface area (Å²) in [6, 6.07) is 6.47. The van der Waals surface area contributed by atoms with E-state index in [0.29, 0.717) is 25.9 Å². The predicted molar refractivity (Wildman–Crippen MR) is 112 cm³/mol. The van der Waals surface area contributed by atoms with Crippen LogP contribution >= 0.6 is 0 Å². The van der Waals surface area contributed by atoms with Crippen molar-refractivity contribution in [3.63, 3.8) is 0 Å². The van der Waals surface area contributed by atoms with Gasteiger partial charge in [-0.15, -0.1) is 0 Å². The van der Waals surface area contributed by atoms with Gasteiger partial charge in [0.05, 0.1) is 0 Å². The van der Waals surface area contributed by atoms with Crippen molar-refractivity contribution in [2.75, 3.05) is 46.1 Å². The molecule has 2 saturated heterocycles. The van der Waals surface area contributed by atoms with Gasteiger partial charge < -0.3 is 19.7 Å². The van der Waals surface area contributed by atoms with Gasteiger partial charge in [0.2, 0.25) is 6.79 Å². The van der Waals surface area contributed by atoms with Crippen LogP contribution in [0.5, 0.6) is 11.5 Å². The maximum atomic E-state index is 12.5. The molecule has 2 fully saturated rings. The van der Waals surface area contributed by atoms with E-state index in [1.807, 2.05) is 19.9 Å². The van der Waals surface area contributed by atoms with Gasteiger partial charge in [-0.2, -0.15) is 0 Å². The number of nitrogens with zero attached hydrogens (tertiary/aromatic N) is 3. The topological polar surface area (TPSA) is 74.4 Å². The lowest BCUT2D eigenvalue weighted by Crippen LogP contribution is -2.57. The van der Waals surface area contributed by atoms with Crippen LogP contribution in [-0.2, 0) is 16.1 Å². The SMILES string of the molecule is CC(C)NC(=O)C(=O)N1CCC[C@H](N2CCN(Cc3ccc4c(c3)OCO4)CC2)C1. The van der Waals surface area contributed by atoms with Crippen LogP contribution in [0.1, 0.15) is 32.3 Å². The van der Waals surface area contributed by atoms with Crippen LogP contribution in [0.25, 0.3) is 0 Å². The molecule has 3 aliphatic rings. The van der Waals surface area contributed by atoms with Crippen LogP contribution < -0.4 is 14.8 Å². The second-order valence-electron chi connectivity index (χ2n) is 8.68. The first-order valence-electron chi connectivity index (χ1n) is 10.9. The molecule has 1 atom stereocenters. The summed E-state index contributed by atoms with van der Waals surface area (Å²) in [6.07, 6.45) is 2.03. The Hall–Kier alpha value is -2.32. The predicted octanol–water partition coefficient (Wildman–Crippen LogP) is 1.05. The van der Waals surface area contributed by atoms with E-state index in [1.165, 1.54) is 5.56 Å². The van der Waals surface area contributed by atoms with Crippen LogP contribution in [0.3, 0.4) is 0 Å². The van der Waals surface area contributed by atoms with Gasteiger partial charge in [0.15, 0.2) is 11.5 Å². The highest BCUT2D eigenvalue weighted by atomic mass is 16.7. The van der Waals surface area contributed by atoms with Gasteiger partial charge in [0.25, 0.3) is 0 Å². The lowest BCUT2D eigenvalue weighted by Gasteiger charge is -2.43. The molecule has 0 aliphatic carbocycles. The summed E-state index contributed by atoms with van der Waals surface area (Å²) in [4.78, 5) is 31.2. The zero-order chi connectivity index (χ0) is 21.1. The number of hydrogen-bond acceptors (Lipinski definition) is 6. The first-order valence-corrected chi connectivity index (χ1v) is 10.9. The Bertz CT molecular complexity index is 776. The first kappa shape index (κ1) is 20.9. The summed E-state index contributed by atoms with van der Waals surface area (Å²) >= 11 is 0. The molecule has 1 N–H and O–H groups in total. The van der Waals surface area contributed by atoms with Crippen LogP contribution in [-0.4, -0.2) is 84.7 Å². The van der Waals surface area contributed by atoms with E-state index in [-0.39, 0.29) is 6.04 Å².